The van der Waals surface area contributed by atoms with E-state index in [0.29, 0.717) is 36.8 Å². The van der Waals surface area contributed by atoms with Gasteiger partial charge in [-0.05, 0) is 25.6 Å². The van der Waals surface area contributed by atoms with E-state index in [9.17, 15) is 16.8 Å². The molecular formula is C12H20N4O4S4. The maximum Gasteiger partial charge on any atom is 0.218 e. The molecule has 1 aromatic heterocycles. The Morgan fingerprint density at radius 2 is 1.96 bits per heavy atom. The lowest BCUT2D eigenvalue weighted by Gasteiger charge is -2.34. The molecule has 24 heavy (non-hydrogen) atoms. The molecule has 2 fully saturated rings. The molecule has 12 heteroatoms. The predicted molar refractivity (Wildman–Crippen MR) is 94.8 cm³/mol. The molecule has 0 bridgehead atoms. The lowest BCUT2D eigenvalue weighted by Crippen LogP contribution is -2.51. The van der Waals surface area contributed by atoms with Gasteiger partial charge >= 0.3 is 0 Å². The molecule has 0 spiro atoms. The van der Waals surface area contributed by atoms with E-state index in [4.69, 9.17) is 12.2 Å². The van der Waals surface area contributed by atoms with Gasteiger partial charge in [0.15, 0.2) is 13.8 Å². The highest BCUT2D eigenvalue weighted by Crippen LogP contribution is 2.23. The second-order valence-corrected chi connectivity index (χ2v) is 12.4. The summed E-state index contributed by atoms with van der Waals surface area (Å²) in [6.07, 6.45) is 0.206. The highest BCUT2D eigenvalue weighted by molar-refractivity contribution is 7.95. The van der Waals surface area contributed by atoms with Crippen molar-refractivity contribution in [2.45, 2.75) is 25.3 Å². The van der Waals surface area contributed by atoms with E-state index in [1.165, 1.54) is 15.6 Å². The van der Waals surface area contributed by atoms with E-state index >= 15 is 0 Å². The van der Waals surface area contributed by atoms with Gasteiger partial charge in [-0.1, -0.05) is 11.3 Å². The van der Waals surface area contributed by atoms with Crippen LogP contribution in [0, 0.1) is 10.9 Å². The third-order valence-corrected chi connectivity index (χ3v) is 9.88. The minimum absolute atomic E-state index is 0.0295. The van der Waals surface area contributed by atoms with Crippen LogP contribution in [-0.2, 0) is 26.5 Å². The molecule has 0 amide bonds. The van der Waals surface area contributed by atoms with Crippen LogP contribution in [0.25, 0.3) is 0 Å². The van der Waals surface area contributed by atoms with Crippen LogP contribution in [0.4, 0.5) is 0 Å². The Labute approximate surface area is 151 Å². The van der Waals surface area contributed by atoms with Gasteiger partial charge in [-0.2, -0.15) is 9.40 Å². The third kappa shape index (κ3) is 3.88. The Kier molecular flexibility index (Phi) is 5.15. The molecule has 3 rings (SSSR count). The SMILES string of the molecule is Cc1nn(CN2CCN(S(=O)(=O)[C@H]3CCS(=O)(=O)C3)CC2)c(=S)s1. The quantitative estimate of drug-likeness (QED) is 0.646. The topological polar surface area (TPSA) is 92.6 Å². The molecule has 0 saturated carbocycles. The Balaban J connectivity index is 1.60. The summed E-state index contributed by atoms with van der Waals surface area (Å²) in [5, 5.41) is 4.46. The number of rotatable bonds is 4. The van der Waals surface area contributed by atoms with Gasteiger partial charge in [-0.15, -0.1) is 0 Å². The average Bonchev–Trinajstić information content (AvgIpc) is 3.02. The third-order valence-electron chi connectivity index (χ3n) is 4.34. The van der Waals surface area contributed by atoms with Crippen LogP contribution in [0.1, 0.15) is 11.4 Å². The number of aryl methyl sites for hydroxylation is 1. The molecule has 3 heterocycles. The van der Waals surface area contributed by atoms with Crippen LogP contribution in [0.2, 0.25) is 0 Å². The highest BCUT2D eigenvalue weighted by atomic mass is 32.2. The van der Waals surface area contributed by atoms with Crippen LogP contribution >= 0.6 is 23.6 Å². The van der Waals surface area contributed by atoms with Gasteiger partial charge in [0.05, 0.1) is 23.4 Å². The summed E-state index contributed by atoms with van der Waals surface area (Å²) >= 11 is 6.70. The van der Waals surface area contributed by atoms with Crippen molar-refractivity contribution >= 4 is 43.4 Å². The zero-order chi connectivity index (χ0) is 17.5. The zero-order valence-electron chi connectivity index (χ0n) is 13.3. The minimum atomic E-state index is -3.55. The minimum Gasteiger partial charge on any atom is -0.282 e. The van der Waals surface area contributed by atoms with Crippen molar-refractivity contribution in [2.75, 3.05) is 37.7 Å². The number of sulfonamides is 1. The number of hydrogen-bond donors (Lipinski definition) is 0. The number of hydrogen-bond acceptors (Lipinski definition) is 8. The van der Waals surface area contributed by atoms with E-state index in [2.05, 4.69) is 10.00 Å². The Morgan fingerprint density at radius 1 is 1.29 bits per heavy atom. The largest absolute Gasteiger partial charge is 0.282 e. The predicted octanol–water partition coefficient (Wildman–Crippen LogP) is 0.0745. The molecule has 0 aliphatic carbocycles. The maximum absolute atomic E-state index is 12.6. The standard InChI is InChI=1S/C12H20N4O4S4/c1-10-13-16(12(21)22-10)9-14-3-5-15(6-4-14)24(19,20)11-2-7-23(17,18)8-11/h11H,2-9H2,1H3/t11-/m0/s1. The van der Waals surface area contributed by atoms with Gasteiger partial charge in [-0.3, -0.25) is 4.90 Å². The van der Waals surface area contributed by atoms with E-state index in [0.717, 1.165) is 5.01 Å². The average molecular weight is 413 g/mol. The van der Waals surface area contributed by atoms with E-state index < -0.39 is 25.1 Å². The Bertz CT molecular complexity index is 865. The summed E-state index contributed by atoms with van der Waals surface area (Å²) in [5.41, 5.74) is 0. The van der Waals surface area contributed by atoms with E-state index in [-0.39, 0.29) is 17.9 Å². The van der Waals surface area contributed by atoms with Crippen LogP contribution in [0.15, 0.2) is 0 Å². The summed E-state index contributed by atoms with van der Waals surface area (Å²) in [7, 11) is -6.76. The first-order valence-corrected chi connectivity index (χ1v) is 12.2. The van der Waals surface area contributed by atoms with Crippen molar-refractivity contribution in [3.8, 4) is 0 Å². The molecule has 2 aliphatic heterocycles. The molecule has 1 aromatic rings. The van der Waals surface area contributed by atoms with E-state index in [1.54, 1.807) is 4.68 Å². The van der Waals surface area contributed by atoms with Crippen molar-refractivity contribution in [3.63, 3.8) is 0 Å². The molecule has 0 unspecified atom stereocenters. The summed E-state index contributed by atoms with van der Waals surface area (Å²) in [4.78, 5) is 2.10. The second kappa shape index (κ2) is 6.72. The number of nitrogens with zero attached hydrogens (tertiary/aromatic N) is 4. The van der Waals surface area contributed by atoms with Crippen LogP contribution in [-0.4, -0.2) is 78.8 Å². The number of piperazine rings is 1. The fourth-order valence-electron chi connectivity index (χ4n) is 3.02. The molecule has 0 radical (unpaired) electrons. The van der Waals surface area contributed by atoms with Crippen LogP contribution in [0.3, 0.4) is 0 Å². The lowest BCUT2D eigenvalue weighted by molar-refractivity contribution is 0.144. The number of sulfone groups is 1. The molecule has 0 aromatic carbocycles. The first kappa shape index (κ1) is 18.4. The zero-order valence-corrected chi connectivity index (χ0v) is 16.6. The molecule has 8 nitrogen and oxygen atoms in total. The Morgan fingerprint density at radius 3 is 2.46 bits per heavy atom. The first-order valence-electron chi connectivity index (χ1n) is 7.64. The molecule has 2 aliphatic rings. The number of aromatic nitrogens is 2. The van der Waals surface area contributed by atoms with Gasteiger partial charge < -0.3 is 0 Å². The fraction of sp³-hybridized carbons (Fsp3) is 0.833. The lowest BCUT2D eigenvalue weighted by atomic mass is 10.4. The molecule has 0 N–H and O–H groups in total. The van der Waals surface area contributed by atoms with E-state index in [1.807, 2.05) is 6.92 Å². The highest BCUT2D eigenvalue weighted by Gasteiger charge is 2.41. The molecular weight excluding hydrogens is 392 g/mol. The summed E-state index contributed by atoms with van der Waals surface area (Å²) < 4.78 is 52.2. The van der Waals surface area contributed by atoms with Gasteiger partial charge in [0.25, 0.3) is 0 Å². The van der Waals surface area contributed by atoms with Gasteiger partial charge in [-0.25, -0.2) is 21.5 Å². The smallest absolute Gasteiger partial charge is 0.218 e. The van der Waals surface area contributed by atoms with Crippen molar-refractivity contribution in [3.05, 3.63) is 8.96 Å². The van der Waals surface area contributed by atoms with Crippen molar-refractivity contribution in [2.24, 2.45) is 0 Å². The summed E-state index contributed by atoms with van der Waals surface area (Å²) in [6, 6.07) is 0. The first-order chi connectivity index (χ1) is 11.2. The molecule has 2 saturated heterocycles. The Hall–Kier alpha value is -0.400. The van der Waals surface area contributed by atoms with Crippen molar-refractivity contribution in [1.29, 1.82) is 0 Å². The molecule has 1 atom stereocenters. The van der Waals surface area contributed by atoms with Crippen LogP contribution in [0.5, 0.6) is 0 Å². The van der Waals surface area contributed by atoms with Crippen molar-refractivity contribution in [1.82, 2.24) is 19.0 Å². The van der Waals surface area contributed by atoms with Crippen LogP contribution < -0.4 is 0 Å². The second-order valence-electron chi connectivity index (χ2n) is 6.12. The summed E-state index contributed by atoms with van der Waals surface area (Å²) in [5.74, 6) is -0.277. The van der Waals surface area contributed by atoms with Crippen molar-refractivity contribution < 1.29 is 16.8 Å². The van der Waals surface area contributed by atoms with Gasteiger partial charge in [0, 0.05) is 26.2 Å². The van der Waals surface area contributed by atoms with Gasteiger partial charge in [0.1, 0.15) is 5.01 Å². The monoisotopic (exact) mass is 412 g/mol. The van der Waals surface area contributed by atoms with Gasteiger partial charge in [0.2, 0.25) is 10.0 Å². The maximum atomic E-state index is 12.6. The molecule has 136 valence electrons. The normalized spacial score (nSPS) is 26.0. The fourth-order valence-corrected chi connectivity index (χ4v) is 8.59. The summed E-state index contributed by atoms with van der Waals surface area (Å²) in [6.45, 7) is 4.35.